The number of pyridine rings is 2. The predicted molar refractivity (Wildman–Crippen MR) is 157 cm³/mol. The minimum Gasteiger partial charge on any atom is -0.443 e. The zero-order valence-corrected chi connectivity index (χ0v) is 24.4. The van der Waals surface area contributed by atoms with Gasteiger partial charge in [-0.2, -0.15) is 0 Å². The number of hydrogen-bond donors (Lipinski definition) is 2. The number of nitrogens with zero attached hydrogens (tertiary/aromatic N) is 6. The molecule has 2 amide bonds. The number of rotatable bonds is 7. The second-order valence-corrected chi connectivity index (χ2v) is 11.1. The second kappa shape index (κ2) is 11.2. The van der Waals surface area contributed by atoms with Crippen LogP contribution >= 0.6 is 0 Å². The highest BCUT2D eigenvalue weighted by molar-refractivity contribution is 5.96. The van der Waals surface area contributed by atoms with E-state index < -0.39 is 17.6 Å². The largest absolute Gasteiger partial charge is 0.443 e. The van der Waals surface area contributed by atoms with Crippen LogP contribution in [0.1, 0.15) is 49.8 Å². The first kappa shape index (κ1) is 28.7. The van der Waals surface area contributed by atoms with Crippen LogP contribution in [0.5, 0.6) is 0 Å². The van der Waals surface area contributed by atoms with Gasteiger partial charge in [0.25, 0.3) is 11.5 Å². The summed E-state index contributed by atoms with van der Waals surface area (Å²) in [6, 6.07) is 8.41. The van der Waals surface area contributed by atoms with E-state index in [9.17, 15) is 14.4 Å². The summed E-state index contributed by atoms with van der Waals surface area (Å²) in [5.74, 6) is -0.186. The third-order valence-electron chi connectivity index (χ3n) is 6.92. The number of hydrogen-bond acceptors (Lipinski definition) is 9. The fraction of sp³-hybridized carbons (Fsp3) is 0.379. The van der Waals surface area contributed by atoms with E-state index in [0.717, 1.165) is 18.5 Å². The predicted octanol–water partition coefficient (Wildman–Crippen LogP) is 3.61. The molecule has 2 atom stereocenters. The first-order valence-corrected chi connectivity index (χ1v) is 13.6. The van der Waals surface area contributed by atoms with Crippen molar-refractivity contribution in [3.63, 3.8) is 0 Å². The number of carbonyl (C=O) groups excluding carboxylic acids is 2. The SMILES string of the molecule is CO[C@@H]1CC[C@H]1NC(=O)c1cnc2c(N(C)C(=O)OC(C)(C)C)cc(Nc3cccn(-c4ccc(C)nc4)c3=O)nn12. The lowest BCUT2D eigenvalue weighted by atomic mass is 9.89. The first-order valence-electron chi connectivity index (χ1n) is 13.6. The fourth-order valence-corrected chi connectivity index (χ4v) is 4.54. The number of anilines is 3. The van der Waals surface area contributed by atoms with E-state index in [4.69, 9.17) is 9.47 Å². The summed E-state index contributed by atoms with van der Waals surface area (Å²) in [5, 5.41) is 10.6. The van der Waals surface area contributed by atoms with Gasteiger partial charge >= 0.3 is 6.09 Å². The van der Waals surface area contributed by atoms with Crippen molar-refractivity contribution < 1.29 is 19.1 Å². The van der Waals surface area contributed by atoms with Crippen molar-refractivity contribution in [2.24, 2.45) is 0 Å². The molecule has 0 spiro atoms. The Morgan fingerprint density at radius 1 is 1.12 bits per heavy atom. The molecule has 2 N–H and O–H groups in total. The van der Waals surface area contributed by atoms with Crippen LogP contribution in [0, 0.1) is 6.92 Å². The van der Waals surface area contributed by atoms with Gasteiger partial charge in [-0.15, -0.1) is 5.10 Å². The standard InChI is InChI=1S/C29H34N8O5/c1-17-9-10-18(15-30-17)36-13-7-8-20(27(36)39)32-24-14-21(35(5)28(40)42-29(2,3)4)25-31-16-22(37(25)34-24)26(38)33-19-11-12-23(19)41-6/h7-10,13-16,19,23H,11-12H2,1-6H3,(H,32,34)(H,33,38)/t19-,23-/m1/s1. The van der Waals surface area contributed by atoms with Gasteiger partial charge in [0.2, 0.25) is 0 Å². The molecule has 4 aromatic rings. The van der Waals surface area contributed by atoms with Gasteiger partial charge in [-0.05, 0) is 64.8 Å². The highest BCUT2D eigenvalue weighted by atomic mass is 16.6. The third-order valence-corrected chi connectivity index (χ3v) is 6.92. The molecule has 0 saturated heterocycles. The van der Waals surface area contributed by atoms with E-state index in [0.29, 0.717) is 11.4 Å². The number of ether oxygens (including phenoxy) is 2. The molecule has 0 aliphatic heterocycles. The van der Waals surface area contributed by atoms with Crippen molar-refractivity contribution in [3.8, 4) is 5.69 Å². The van der Waals surface area contributed by atoms with Crippen LogP contribution in [0.3, 0.4) is 0 Å². The van der Waals surface area contributed by atoms with E-state index in [-0.39, 0.29) is 40.6 Å². The minimum atomic E-state index is -0.739. The van der Waals surface area contributed by atoms with Crippen molar-refractivity contribution in [1.82, 2.24) is 29.5 Å². The van der Waals surface area contributed by atoms with Crippen molar-refractivity contribution >= 4 is 34.8 Å². The average Bonchev–Trinajstić information content (AvgIpc) is 3.35. The van der Waals surface area contributed by atoms with Gasteiger partial charge in [0.1, 0.15) is 11.3 Å². The smallest absolute Gasteiger partial charge is 0.414 e. The van der Waals surface area contributed by atoms with Gasteiger partial charge in [0.15, 0.2) is 17.2 Å². The van der Waals surface area contributed by atoms with Gasteiger partial charge in [0.05, 0.1) is 35.9 Å². The molecule has 1 fully saturated rings. The van der Waals surface area contributed by atoms with Crippen LogP contribution in [0.2, 0.25) is 0 Å². The lowest BCUT2D eigenvalue weighted by Gasteiger charge is -2.35. The molecule has 1 saturated carbocycles. The molecular formula is C29H34N8O5. The summed E-state index contributed by atoms with van der Waals surface area (Å²) < 4.78 is 13.8. The summed E-state index contributed by atoms with van der Waals surface area (Å²) in [7, 11) is 3.15. The fourth-order valence-electron chi connectivity index (χ4n) is 4.54. The van der Waals surface area contributed by atoms with Crippen LogP contribution in [0.15, 0.2) is 53.7 Å². The third kappa shape index (κ3) is 5.81. The number of amides is 2. The van der Waals surface area contributed by atoms with Crippen molar-refractivity contribution in [1.29, 1.82) is 0 Å². The number of imidazole rings is 1. The number of aryl methyl sites for hydroxylation is 1. The van der Waals surface area contributed by atoms with Crippen LogP contribution < -0.4 is 21.1 Å². The van der Waals surface area contributed by atoms with Crippen LogP contribution in [0.4, 0.5) is 22.0 Å². The highest BCUT2D eigenvalue weighted by Crippen LogP contribution is 2.27. The number of aromatic nitrogens is 5. The van der Waals surface area contributed by atoms with Gasteiger partial charge in [-0.25, -0.2) is 14.3 Å². The number of nitrogens with one attached hydrogen (secondary N) is 2. The number of carbonyl (C=O) groups is 2. The van der Waals surface area contributed by atoms with E-state index in [1.807, 2.05) is 13.0 Å². The topological polar surface area (TPSA) is 145 Å². The van der Waals surface area contributed by atoms with Gasteiger partial charge in [-0.3, -0.25) is 24.0 Å². The number of methoxy groups -OCH3 is 1. The Balaban J connectivity index is 1.55. The second-order valence-electron chi connectivity index (χ2n) is 11.1. The Bertz CT molecular complexity index is 1690. The normalized spacial score (nSPS) is 16.5. The molecule has 1 aliphatic rings. The summed E-state index contributed by atoms with van der Waals surface area (Å²) in [5.41, 5.74) is 1.30. The van der Waals surface area contributed by atoms with Crippen LogP contribution in [0.25, 0.3) is 11.3 Å². The molecule has 0 bridgehead atoms. The molecule has 42 heavy (non-hydrogen) atoms. The lowest BCUT2D eigenvalue weighted by molar-refractivity contribution is 0.00718. The molecule has 4 aromatic heterocycles. The Hall–Kier alpha value is -4.78. The van der Waals surface area contributed by atoms with Gasteiger partial charge < -0.3 is 20.1 Å². The van der Waals surface area contributed by atoms with Crippen LogP contribution in [-0.4, -0.2) is 68.1 Å². The molecule has 1 aliphatic carbocycles. The zero-order chi connectivity index (χ0) is 30.2. The highest BCUT2D eigenvalue weighted by Gasteiger charge is 2.33. The monoisotopic (exact) mass is 574 g/mol. The molecule has 0 unspecified atom stereocenters. The molecule has 5 rings (SSSR count). The summed E-state index contributed by atoms with van der Waals surface area (Å²) in [4.78, 5) is 49.7. The lowest BCUT2D eigenvalue weighted by Crippen LogP contribution is -2.51. The Morgan fingerprint density at radius 2 is 1.90 bits per heavy atom. The first-order chi connectivity index (χ1) is 19.9. The maximum absolute atomic E-state index is 13.4. The van der Waals surface area contributed by atoms with E-state index in [2.05, 4.69) is 25.7 Å². The molecular weight excluding hydrogens is 540 g/mol. The molecule has 220 valence electrons. The maximum atomic E-state index is 13.4. The summed E-state index contributed by atoms with van der Waals surface area (Å²) in [6.07, 6.45) is 5.63. The summed E-state index contributed by atoms with van der Waals surface area (Å²) >= 11 is 0. The molecule has 0 radical (unpaired) electrons. The Kier molecular flexibility index (Phi) is 7.69. The van der Waals surface area contributed by atoms with Crippen LogP contribution in [-0.2, 0) is 9.47 Å². The van der Waals surface area contributed by atoms with Gasteiger partial charge in [0, 0.05) is 32.1 Å². The van der Waals surface area contributed by atoms with E-state index in [1.54, 1.807) is 71.6 Å². The maximum Gasteiger partial charge on any atom is 0.414 e. The molecule has 4 heterocycles. The quantitative estimate of drug-likeness (QED) is 0.338. The number of fused-ring (bicyclic) bond motifs is 1. The zero-order valence-electron chi connectivity index (χ0n) is 24.4. The average molecular weight is 575 g/mol. The van der Waals surface area contributed by atoms with E-state index >= 15 is 0 Å². The molecule has 13 nitrogen and oxygen atoms in total. The Morgan fingerprint density at radius 3 is 2.55 bits per heavy atom. The van der Waals surface area contributed by atoms with Gasteiger partial charge in [-0.1, -0.05) is 0 Å². The van der Waals surface area contributed by atoms with Crippen molar-refractivity contribution in [3.05, 3.63) is 70.7 Å². The minimum absolute atomic E-state index is 0.0591. The summed E-state index contributed by atoms with van der Waals surface area (Å²) in [6.45, 7) is 7.17. The van der Waals surface area contributed by atoms with Crippen molar-refractivity contribution in [2.45, 2.75) is 58.3 Å². The molecule has 13 heteroatoms. The van der Waals surface area contributed by atoms with Crippen molar-refractivity contribution in [2.75, 3.05) is 24.4 Å². The van der Waals surface area contributed by atoms with E-state index in [1.165, 1.54) is 20.2 Å². The molecule has 0 aromatic carbocycles. The Labute approximate surface area is 242 Å².